The van der Waals surface area contributed by atoms with Gasteiger partial charge < -0.3 is 20.1 Å². The summed E-state index contributed by atoms with van der Waals surface area (Å²) in [5.41, 5.74) is 0.650. The zero-order valence-electron chi connectivity index (χ0n) is 12.7. The minimum Gasteiger partial charge on any atom is -0.505 e. The third-order valence-electron chi connectivity index (χ3n) is 3.65. The number of thiophene rings is 1. The summed E-state index contributed by atoms with van der Waals surface area (Å²) in [5.74, 6) is -1.01. The molecule has 0 spiro atoms. The number of hydrogen-bond donors (Lipinski definition) is 3. The van der Waals surface area contributed by atoms with Crippen LogP contribution in [0.5, 0.6) is 5.75 Å². The Morgan fingerprint density at radius 2 is 1.96 bits per heavy atom. The van der Waals surface area contributed by atoms with E-state index in [0.717, 1.165) is 5.56 Å². The number of benzene rings is 1. The van der Waals surface area contributed by atoms with Crippen LogP contribution in [0.4, 0.5) is 0 Å². The van der Waals surface area contributed by atoms with Crippen molar-refractivity contribution in [2.75, 3.05) is 13.2 Å². The van der Waals surface area contributed by atoms with Gasteiger partial charge in [-0.3, -0.25) is 9.59 Å². The van der Waals surface area contributed by atoms with Gasteiger partial charge in [-0.25, -0.2) is 0 Å². The summed E-state index contributed by atoms with van der Waals surface area (Å²) >= 11 is 1.26. The van der Waals surface area contributed by atoms with Gasteiger partial charge in [0.05, 0.1) is 23.4 Å². The molecule has 24 heavy (non-hydrogen) atoms. The standard InChI is InChI=1S/C17H16N2O4S/c20-8-7-18-16(22)13-14(21)15-12(6-9-24-15)19(17(13)23)10-11-4-2-1-3-5-11/h1-6,9,20-21H,7-8,10H2,(H,18,22). The SMILES string of the molecule is O=C(NCCO)c1c(O)c2sccc2n(Cc2ccccc2)c1=O. The largest absolute Gasteiger partial charge is 0.505 e. The first-order valence-electron chi connectivity index (χ1n) is 7.39. The maximum atomic E-state index is 12.8. The average molecular weight is 344 g/mol. The molecule has 3 aromatic rings. The van der Waals surface area contributed by atoms with Crippen molar-refractivity contribution in [1.82, 2.24) is 9.88 Å². The molecule has 0 aliphatic heterocycles. The monoisotopic (exact) mass is 344 g/mol. The number of aliphatic hydroxyl groups excluding tert-OH is 1. The van der Waals surface area contributed by atoms with Gasteiger partial charge in [-0.15, -0.1) is 11.3 Å². The molecule has 3 N–H and O–H groups in total. The van der Waals surface area contributed by atoms with Crippen LogP contribution < -0.4 is 10.9 Å². The Kier molecular flexibility index (Phi) is 4.64. The molecule has 2 aromatic heterocycles. The Labute approximate surface area is 141 Å². The van der Waals surface area contributed by atoms with Crippen molar-refractivity contribution < 1.29 is 15.0 Å². The molecule has 0 unspecified atom stereocenters. The number of rotatable bonds is 5. The highest BCUT2D eigenvalue weighted by Gasteiger charge is 2.22. The van der Waals surface area contributed by atoms with Crippen molar-refractivity contribution in [3.8, 4) is 5.75 Å². The molecule has 3 rings (SSSR count). The number of pyridine rings is 1. The van der Waals surface area contributed by atoms with Gasteiger partial charge in [0.15, 0.2) is 5.75 Å². The summed E-state index contributed by atoms with van der Waals surface area (Å²) in [4.78, 5) is 25.0. The van der Waals surface area contributed by atoms with Crippen molar-refractivity contribution in [1.29, 1.82) is 0 Å². The number of aromatic hydroxyl groups is 1. The summed E-state index contributed by atoms with van der Waals surface area (Å²) in [5, 5.41) is 23.4. The van der Waals surface area contributed by atoms with E-state index in [4.69, 9.17) is 5.11 Å². The van der Waals surface area contributed by atoms with Gasteiger partial charge >= 0.3 is 0 Å². The van der Waals surface area contributed by atoms with Crippen molar-refractivity contribution >= 4 is 27.5 Å². The zero-order chi connectivity index (χ0) is 17.1. The third kappa shape index (κ3) is 2.91. The molecule has 6 nitrogen and oxygen atoms in total. The average Bonchev–Trinajstić information content (AvgIpc) is 3.08. The number of hydrogen-bond acceptors (Lipinski definition) is 5. The minimum atomic E-state index is -0.691. The number of aliphatic hydroxyl groups is 1. The lowest BCUT2D eigenvalue weighted by Crippen LogP contribution is -2.34. The van der Waals surface area contributed by atoms with Crippen molar-refractivity contribution in [2.24, 2.45) is 0 Å². The smallest absolute Gasteiger partial charge is 0.268 e. The van der Waals surface area contributed by atoms with Crippen LogP contribution in [0.3, 0.4) is 0 Å². The highest BCUT2D eigenvalue weighted by atomic mass is 32.1. The molecule has 0 aliphatic rings. The van der Waals surface area contributed by atoms with E-state index < -0.39 is 11.5 Å². The maximum Gasteiger partial charge on any atom is 0.268 e. The molecule has 0 aliphatic carbocycles. The van der Waals surface area contributed by atoms with Gasteiger partial charge in [-0.1, -0.05) is 30.3 Å². The van der Waals surface area contributed by atoms with Crippen LogP contribution in [0.15, 0.2) is 46.6 Å². The van der Waals surface area contributed by atoms with Gasteiger partial charge in [0.2, 0.25) is 0 Å². The Bertz CT molecular complexity index is 931. The summed E-state index contributed by atoms with van der Waals surface area (Å²) in [6.45, 7) is 0.0678. The van der Waals surface area contributed by atoms with E-state index in [1.54, 1.807) is 11.4 Å². The van der Waals surface area contributed by atoms with E-state index in [9.17, 15) is 14.7 Å². The van der Waals surface area contributed by atoms with E-state index in [2.05, 4.69) is 5.32 Å². The predicted octanol–water partition coefficient (Wildman–Crippen LogP) is 1.54. The maximum absolute atomic E-state index is 12.8. The highest BCUT2D eigenvalue weighted by molar-refractivity contribution is 7.17. The fourth-order valence-electron chi connectivity index (χ4n) is 2.54. The molecule has 0 atom stereocenters. The summed E-state index contributed by atoms with van der Waals surface area (Å²) in [7, 11) is 0. The van der Waals surface area contributed by atoms with E-state index in [1.165, 1.54) is 15.9 Å². The molecule has 0 radical (unpaired) electrons. The number of fused-ring (bicyclic) bond motifs is 1. The zero-order valence-corrected chi connectivity index (χ0v) is 13.5. The Hall–Kier alpha value is -2.64. The van der Waals surface area contributed by atoms with Crippen LogP contribution in [0, 0.1) is 0 Å². The number of aromatic nitrogens is 1. The van der Waals surface area contributed by atoms with Crippen LogP contribution in [0.2, 0.25) is 0 Å². The fourth-order valence-corrected chi connectivity index (χ4v) is 3.38. The third-order valence-corrected chi connectivity index (χ3v) is 4.56. The molecule has 0 saturated carbocycles. The van der Waals surface area contributed by atoms with Crippen LogP contribution in [0.1, 0.15) is 15.9 Å². The summed E-state index contributed by atoms with van der Waals surface area (Å²) < 4.78 is 1.97. The van der Waals surface area contributed by atoms with Crippen LogP contribution in [-0.4, -0.2) is 33.8 Å². The van der Waals surface area contributed by atoms with E-state index in [-0.39, 0.29) is 24.5 Å². The second-order valence-electron chi connectivity index (χ2n) is 5.21. The molecule has 1 amide bonds. The number of amides is 1. The van der Waals surface area contributed by atoms with Gasteiger partial charge in [0.25, 0.3) is 11.5 Å². The van der Waals surface area contributed by atoms with Crippen LogP contribution in [-0.2, 0) is 6.54 Å². The predicted molar refractivity (Wildman–Crippen MR) is 92.7 cm³/mol. The first-order chi connectivity index (χ1) is 11.6. The highest BCUT2D eigenvalue weighted by Crippen LogP contribution is 2.31. The molecule has 0 saturated heterocycles. The Morgan fingerprint density at radius 1 is 1.21 bits per heavy atom. The molecular weight excluding hydrogens is 328 g/mol. The second kappa shape index (κ2) is 6.86. The molecule has 1 aromatic carbocycles. The summed E-state index contributed by atoms with van der Waals surface area (Å²) in [6, 6.07) is 11.2. The first-order valence-corrected chi connectivity index (χ1v) is 8.27. The lowest BCUT2D eigenvalue weighted by atomic mass is 10.1. The van der Waals surface area contributed by atoms with E-state index >= 15 is 0 Å². The topological polar surface area (TPSA) is 91.6 Å². The molecule has 2 heterocycles. The number of carbonyl (C=O) groups excluding carboxylic acids is 1. The van der Waals surface area contributed by atoms with E-state index in [0.29, 0.717) is 16.8 Å². The van der Waals surface area contributed by atoms with Gasteiger partial charge in [0, 0.05) is 6.54 Å². The van der Waals surface area contributed by atoms with Crippen molar-refractivity contribution in [3.05, 3.63) is 63.3 Å². The quantitative estimate of drug-likeness (QED) is 0.655. The van der Waals surface area contributed by atoms with Crippen molar-refractivity contribution in [2.45, 2.75) is 6.54 Å². The van der Waals surface area contributed by atoms with Gasteiger partial charge in [0.1, 0.15) is 5.56 Å². The number of nitrogens with one attached hydrogen (secondary N) is 1. The minimum absolute atomic E-state index is 0.0128. The number of nitrogens with zero attached hydrogens (tertiary/aromatic N) is 1. The molecular formula is C17H16N2O4S. The van der Waals surface area contributed by atoms with Crippen LogP contribution in [0.25, 0.3) is 10.2 Å². The first kappa shape index (κ1) is 16.2. The Balaban J connectivity index is 2.16. The van der Waals surface area contributed by atoms with E-state index in [1.807, 2.05) is 30.3 Å². The van der Waals surface area contributed by atoms with Crippen LogP contribution >= 0.6 is 11.3 Å². The Morgan fingerprint density at radius 3 is 2.67 bits per heavy atom. The lowest BCUT2D eigenvalue weighted by Gasteiger charge is -2.12. The molecule has 0 bridgehead atoms. The fraction of sp³-hybridized carbons (Fsp3) is 0.176. The summed E-state index contributed by atoms with van der Waals surface area (Å²) in [6.07, 6.45) is 0. The normalized spacial score (nSPS) is 10.9. The van der Waals surface area contributed by atoms with Crippen molar-refractivity contribution in [3.63, 3.8) is 0 Å². The van der Waals surface area contributed by atoms with Gasteiger partial charge in [-0.05, 0) is 17.0 Å². The van der Waals surface area contributed by atoms with Gasteiger partial charge in [-0.2, -0.15) is 0 Å². The second-order valence-corrected chi connectivity index (χ2v) is 6.13. The lowest BCUT2D eigenvalue weighted by molar-refractivity contribution is 0.0940. The molecule has 124 valence electrons. The molecule has 0 fully saturated rings. The molecule has 7 heteroatoms. The number of carbonyl (C=O) groups is 1.